The Morgan fingerprint density at radius 3 is 1.90 bits per heavy atom. The molecule has 5 nitrogen and oxygen atoms in total. The quantitative estimate of drug-likeness (QED) is 0.480. The number of alkyl halides is 3. The van der Waals surface area contributed by atoms with Crippen LogP contribution in [0.15, 0.2) is 77.7 Å². The number of hydrogen-bond acceptors (Lipinski definition) is 3. The van der Waals surface area contributed by atoms with Gasteiger partial charge in [-0.25, -0.2) is 13.1 Å². The molecule has 0 radical (unpaired) electrons. The molecule has 0 aliphatic carbocycles. The van der Waals surface area contributed by atoms with Gasteiger partial charge in [-0.15, -0.1) is 13.2 Å². The number of fused-ring (bicyclic) bond motifs is 3. The Kier molecular flexibility index (Phi) is 5.17. The van der Waals surface area contributed by atoms with Crippen molar-refractivity contribution in [3.05, 3.63) is 72.8 Å². The SMILES string of the molecule is O=S(=O)(NCCn1c2ccccc2c2ccccc21)c1ccc(OC(F)(F)F)cc1. The largest absolute Gasteiger partial charge is 0.573 e. The molecule has 1 aromatic heterocycles. The Balaban J connectivity index is 1.51. The van der Waals surface area contributed by atoms with Gasteiger partial charge in [0.2, 0.25) is 10.0 Å². The van der Waals surface area contributed by atoms with E-state index in [0.29, 0.717) is 6.54 Å². The smallest absolute Gasteiger partial charge is 0.406 e. The molecule has 1 N–H and O–H groups in total. The molecule has 0 spiro atoms. The molecular formula is C21H17F3N2O3S. The number of rotatable bonds is 6. The summed E-state index contributed by atoms with van der Waals surface area (Å²) in [6, 6.07) is 19.8. The number of hydrogen-bond donors (Lipinski definition) is 1. The van der Waals surface area contributed by atoms with E-state index in [1.807, 2.05) is 53.1 Å². The summed E-state index contributed by atoms with van der Waals surface area (Å²) >= 11 is 0. The Bertz CT molecular complexity index is 1240. The summed E-state index contributed by atoms with van der Waals surface area (Å²) in [6.45, 7) is 0.508. The number of aromatic nitrogens is 1. The van der Waals surface area contributed by atoms with E-state index in [2.05, 4.69) is 9.46 Å². The van der Waals surface area contributed by atoms with Crippen LogP contribution in [0.25, 0.3) is 21.8 Å². The maximum absolute atomic E-state index is 12.5. The molecule has 4 aromatic rings. The highest BCUT2D eigenvalue weighted by molar-refractivity contribution is 7.89. The lowest BCUT2D eigenvalue weighted by molar-refractivity contribution is -0.274. The van der Waals surface area contributed by atoms with Crippen molar-refractivity contribution in [2.24, 2.45) is 0 Å². The minimum Gasteiger partial charge on any atom is -0.406 e. The van der Waals surface area contributed by atoms with Gasteiger partial charge in [0.05, 0.1) is 4.90 Å². The highest BCUT2D eigenvalue weighted by Crippen LogP contribution is 2.28. The fraction of sp³-hybridized carbons (Fsp3) is 0.143. The monoisotopic (exact) mass is 434 g/mol. The average molecular weight is 434 g/mol. The molecule has 0 amide bonds. The lowest BCUT2D eigenvalue weighted by Crippen LogP contribution is -2.27. The molecule has 0 saturated carbocycles. The average Bonchev–Trinajstić information content (AvgIpc) is 3.01. The molecule has 0 unspecified atom stereocenters. The molecule has 3 aromatic carbocycles. The van der Waals surface area contributed by atoms with Crippen LogP contribution in [-0.4, -0.2) is 25.9 Å². The summed E-state index contributed by atoms with van der Waals surface area (Å²) in [4.78, 5) is -0.140. The maximum Gasteiger partial charge on any atom is 0.573 e. The third-order valence-corrected chi connectivity index (χ3v) is 6.15. The first-order valence-corrected chi connectivity index (χ1v) is 10.5. The third kappa shape index (κ3) is 4.12. The lowest BCUT2D eigenvalue weighted by atomic mass is 10.2. The van der Waals surface area contributed by atoms with Gasteiger partial charge < -0.3 is 9.30 Å². The van der Waals surface area contributed by atoms with Crippen LogP contribution in [-0.2, 0) is 16.6 Å². The number of nitrogens with zero attached hydrogens (tertiary/aromatic N) is 1. The van der Waals surface area contributed by atoms with Gasteiger partial charge in [0, 0.05) is 34.9 Å². The molecule has 0 bridgehead atoms. The van der Waals surface area contributed by atoms with E-state index in [1.165, 1.54) is 0 Å². The molecule has 0 saturated heterocycles. The van der Waals surface area contributed by atoms with Crippen molar-refractivity contribution in [1.29, 1.82) is 0 Å². The van der Waals surface area contributed by atoms with Crippen molar-refractivity contribution in [2.45, 2.75) is 17.8 Å². The molecule has 0 atom stereocenters. The lowest BCUT2D eigenvalue weighted by Gasteiger charge is -2.11. The molecule has 0 aliphatic rings. The number of ether oxygens (including phenoxy) is 1. The number of sulfonamides is 1. The highest BCUT2D eigenvalue weighted by Gasteiger charge is 2.31. The molecular weight excluding hydrogens is 417 g/mol. The second-order valence-corrected chi connectivity index (χ2v) is 8.37. The van der Waals surface area contributed by atoms with E-state index in [0.717, 1.165) is 46.1 Å². The topological polar surface area (TPSA) is 60.3 Å². The summed E-state index contributed by atoms with van der Waals surface area (Å²) < 4.78 is 70.0. The van der Waals surface area contributed by atoms with E-state index in [9.17, 15) is 21.6 Å². The molecule has 1 heterocycles. The van der Waals surface area contributed by atoms with Crippen LogP contribution >= 0.6 is 0 Å². The van der Waals surface area contributed by atoms with Crippen LogP contribution in [0.3, 0.4) is 0 Å². The van der Waals surface area contributed by atoms with Gasteiger partial charge >= 0.3 is 6.36 Å². The Morgan fingerprint density at radius 2 is 1.37 bits per heavy atom. The predicted octanol–water partition coefficient (Wildman–Crippen LogP) is 4.67. The third-order valence-electron chi connectivity index (χ3n) is 4.67. The highest BCUT2D eigenvalue weighted by atomic mass is 32.2. The number of para-hydroxylation sites is 2. The van der Waals surface area contributed by atoms with Crippen LogP contribution in [0.4, 0.5) is 13.2 Å². The summed E-state index contributed by atoms with van der Waals surface area (Å²) in [6.07, 6.45) is -4.83. The summed E-state index contributed by atoms with van der Waals surface area (Å²) in [7, 11) is -3.88. The van der Waals surface area contributed by atoms with E-state index < -0.39 is 22.1 Å². The zero-order valence-corrected chi connectivity index (χ0v) is 16.4. The van der Waals surface area contributed by atoms with Gasteiger partial charge in [-0.05, 0) is 36.4 Å². The molecule has 156 valence electrons. The summed E-state index contributed by atoms with van der Waals surface area (Å²) in [5.41, 5.74) is 1.98. The second-order valence-electron chi connectivity index (χ2n) is 6.60. The van der Waals surface area contributed by atoms with Gasteiger partial charge in [-0.2, -0.15) is 0 Å². The van der Waals surface area contributed by atoms with Crippen molar-refractivity contribution in [2.75, 3.05) is 6.54 Å². The van der Waals surface area contributed by atoms with Crippen LogP contribution in [0.2, 0.25) is 0 Å². The van der Waals surface area contributed by atoms with Crippen LogP contribution in [0, 0.1) is 0 Å². The summed E-state index contributed by atoms with van der Waals surface area (Å²) in [5.74, 6) is -0.480. The zero-order valence-electron chi connectivity index (χ0n) is 15.6. The first-order valence-electron chi connectivity index (χ1n) is 9.06. The predicted molar refractivity (Wildman–Crippen MR) is 108 cm³/mol. The fourth-order valence-electron chi connectivity index (χ4n) is 3.44. The van der Waals surface area contributed by atoms with Crippen LogP contribution in [0.1, 0.15) is 0 Å². The van der Waals surface area contributed by atoms with E-state index in [4.69, 9.17) is 0 Å². The minimum atomic E-state index is -4.83. The molecule has 9 heteroatoms. The second kappa shape index (κ2) is 7.66. The first-order chi connectivity index (χ1) is 14.2. The first kappa shape index (κ1) is 20.2. The number of benzene rings is 3. The van der Waals surface area contributed by atoms with Crippen molar-refractivity contribution in [1.82, 2.24) is 9.29 Å². The Hall–Kier alpha value is -3.04. The van der Waals surface area contributed by atoms with Crippen molar-refractivity contribution in [3.8, 4) is 5.75 Å². The zero-order chi connectivity index (χ0) is 21.4. The molecule has 4 rings (SSSR count). The van der Waals surface area contributed by atoms with Gasteiger partial charge in [-0.1, -0.05) is 36.4 Å². The van der Waals surface area contributed by atoms with E-state index in [-0.39, 0.29) is 11.4 Å². The fourth-order valence-corrected chi connectivity index (χ4v) is 4.46. The molecule has 0 fully saturated rings. The standard InChI is InChI=1S/C21H17F3N2O3S/c22-21(23,24)29-15-9-11-16(12-10-15)30(27,28)25-13-14-26-19-7-3-1-5-17(19)18-6-2-4-8-20(18)26/h1-12,25H,13-14H2. The van der Waals surface area contributed by atoms with Gasteiger partial charge in [0.25, 0.3) is 0 Å². The maximum atomic E-state index is 12.5. The Labute approximate surface area is 170 Å². The summed E-state index contributed by atoms with van der Waals surface area (Å²) in [5, 5.41) is 2.16. The van der Waals surface area contributed by atoms with Crippen molar-refractivity contribution >= 4 is 31.8 Å². The normalized spacial score (nSPS) is 12.5. The van der Waals surface area contributed by atoms with Gasteiger partial charge in [0.1, 0.15) is 5.75 Å². The van der Waals surface area contributed by atoms with Crippen molar-refractivity contribution in [3.63, 3.8) is 0 Å². The van der Waals surface area contributed by atoms with Gasteiger partial charge in [-0.3, -0.25) is 0 Å². The van der Waals surface area contributed by atoms with Crippen LogP contribution < -0.4 is 9.46 Å². The van der Waals surface area contributed by atoms with Gasteiger partial charge in [0.15, 0.2) is 0 Å². The van der Waals surface area contributed by atoms with E-state index >= 15 is 0 Å². The number of halogens is 3. The Morgan fingerprint density at radius 1 is 0.833 bits per heavy atom. The molecule has 0 aliphatic heterocycles. The molecule has 30 heavy (non-hydrogen) atoms. The van der Waals surface area contributed by atoms with Crippen LogP contribution in [0.5, 0.6) is 5.75 Å². The number of nitrogens with one attached hydrogen (secondary N) is 1. The van der Waals surface area contributed by atoms with Crippen molar-refractivity contribution < 1.29 is 26.3 Å². The minimum absolute atomic E-state index is 0.117. The van der Waals surface area contributed by atoms with E-state index in [1.54, 1.807) is 0 Å².